The van der Waals surface area contributed by atoms with Crippen molar-refractivity contribution in [2.45, 2.75) is 6.92 Å². The Bertz CT molecular complexity index is 650. The van der Waals surface area contributed by atoms with E-state index in [1.54, 1.807) is 6.92 Å². The summed E-state index contributed by atoms with van der Waals surface area (Å²) >= 11 is 0. The molecule has 0 saturated heterocycles. The summed E-state index contributed by atoms with van der Waals surface area (Å²) < 4.78 is 45.5. The van der Waals surface area contributed by atoms with E-state index in [2.05, 4.69) is 15.6 Å². The number of ether oxygens (including phenoxy) is 1. The first kappa shape index (κ1) is 15.0. The number of rotatable bonds is 5. The van der Waals surface area contributed by atoms with Crippen LogP contribution in [0.5, 0.6) is 5.75 Å². The Hall–Kier alpha value is -2.44. The number of nitrogens with zero attached hydrogens (tertiary/aromatic N) is 1. The van der Waals surface area contributed by atoms with Gasteiger partial charge in [-0.05, 0) is 19.1 Å². The molecule has 0 unspecified atom stereocenters. The lowest BCUT2D eigenvalue weighted by Crippen LogP contribution is -2.06. The van der Waals surface area contributed by atoms with E-state index in [9.17, 15) is 13.2 Å². The molecule has 4 nitrogen and oxygen atoms in total. The van der Waals surface area contributed by atoms with Crippen LogP contribution in [0, 0.1) is 17.5 Å². The van der Waals surface area contributed by atoms with E-state index in [0.717, 1.165) is 6.07 Å². The van der Waals surface area contributed by atoms with Crippen LogP contribution in [0.25, 0.3) is 0 Å². The van der Waals surface area contributed by atoms with E-state index < -0.39 is 17.5 Å². The van der Waals surface area contributed by atoms with Crippen LogP contribution in [0.4, 0.5) is 30.5 Å². The van der Waals surface area contributed by atoms with Gasteiger partial charge in [0.2, 0.25) is 0 Å². The fourth-order valence-electron chi connectivity index (χ4n) is 1.73. The van der Waals surface area contributed by atoms with Gasteiger partial charge in [0.25, 0.3) is 0 Å². The number of halogens is 3. The Morgan fingerprint density at radius 2 is 1.76 bits per heavy atom. The number of anilines is 3. The van der Waals surface area contributed by atoms with Crippen molar-refractivity contribution in [3.05, 3.63) is 41.7 Å². The third kappa shape index (κ3) is 3.36. The van der Waals surface area contributed by atoms with Crippen LogP contribution < -0.4 is 15.4 Å². The van der Waals surface area contributed by atoms with Crippen LogP contribution in [0.15, 0.2) is 24.3 Å². The maximum Gasteiger partial charge on any atom is 0.169 e. The van der Waals surface area contributed by atoms with E-state index in [1.165, 1.54) is 19.2 Å². The molecule has 0 aliphatic rings. The minimum absolute atomic E-state index is 0.0708. The first-order valence-electron chi connectivity index (χ1n) is 6.25. The molecule has 1 aromatic carbocycles. The Morgan fingerprint density at radius 1 is 1.05 bits per heavy atom. The van der Waals surface area contributed by atoms with Gasteiger partial charge in [-0.15, -0.1) is 0 Å². The maximum atomic E-state index is 13.7. The molecule has 1 heterocycles. The smallest absolute Gasteiger partial charge is 0.169 e. The Balaban J connectivity index is 2.30. The molecule has 0 amide bonds. The minimum atomic E-state index is -0.870. The zero-order chi connectivity index (χ0) is 15.4. The van der Waals surface area contributed by atoms with E-state index >= 15 is 0 Å². The SMILES string of the molecule is CCNc1nc(Nc2ccc(OC)c(F)c2)c(F)cc1F. The molecule has 0 atom stereocenters. The van der Waals surface area contributed by atoms with Gasteiger partial charge < -0.3 is 15.4 Å². The average molecular weight is 297 g/mol. The molecule has 0 aliphatic carbocycles. The van der Waals surface area contributed by atoms with Gasteiger partial charge in [0, 0.05) is 24.4 Å². The molecule has 1 aromatic heterocycles. The van der Waals surface area contributed by atoms with Crippen LogP contribution in [0.1, 0.15) is 6.92 Å². The minimum Gasteiger partial charge on any atom is -0.494 e. The molecule has 21 heavy (non-hydrogen) atoms. The maximum absolute atomic E-state index is 13.7. The predicted molar refractivity (Wildman–Crippen MR) is 74.6 cm³/mol. The first-order chi connectivity index (χ1) is 10.0. The monoisotopic (exact) mass is 297 g/mol. The lowest BCUT2D eigenvalue weighted by molar-refractivity contribution is 0.386. The van der Waals surface area contributed by atoms with Crippen molar-refractivity contribution in [1.82, 2.24) is 4.98 Å². The number of hydrogen-bond acceptors (Lipinski definition) is 4. The molecule has 0 spiro atoms. The molecule has 0 saturated carbocycles. The highest BCUT2D eigenvalue weighted by atomic mass is 19.1. The van der Waals surface area contributed by atoms with Gasteiger partial charge in [0.1, 0.15) is 0 Å². The predicted octanol–water partition coefficient (Wildman–Crippen LogP) is 3.68. The molecule has 2 rings (SSSR count). The summed E-state index contributed by atoms with van der Waals surface area (Å²) in [5, 5.41) is 5.27. The van der Waals surface area contributed by atoms with Gasteiger partial charge in [0.15, 0.2) is 34.8 Å². The van der Waals surface area contributed by atoms with Crippen molar-refractivity contribution in [2.75, 3.05) is 24.3 Å². The first-order valence-corrected chi connectivity index (χ1v) is 6.25. The zero-order valence-corrected chi connectivity index (χ0v) is 11.5. The van der Waals surface area contributed by atoms with Gasteiger partial charge >= 0.3 is 0 Å². The molecule has 2 N–H and O–H groups in total. The number of methoxy groups -OCH3 is 1. The average Bonchev–Trinajstić information content (AvgIpc) is 2.44. The van der Waals surface area contributed by atoms with E-state index in [-0.39, 0.29) is 23.1 Å². The highest BCUT2D eigenvalue weighted by Gasteiger charge is 2.12. The van der Waals surface area contributed by atoms with E-state index in [0.29, 0.717) is 12.6 Å². The van der Waals surface area contributed by atoms with Crippen molar-refractivity contribution >= 4 is 17.3 Å². The molecule has 0 fully saturated rings. The van der Waals surface area contributed by atoms with Crippen molar-refractivity contribution in [2.24, 2.45) is 0 Å². The van der Waals surface area contributed by atoms with Crippen LogP contribution in [-0.4, -0.2) is 18.6 Å². The summed E-state index contributed by atoms with van der Waals surface area (Å²) in [5.41, 5.74) is 0.272. The summed E-state index contributed by atoms with van der Waals surface area (Å²) in [6.07, 6.45) is 0. The Morgan fingerprint density at radius 3 is 2.38 bits per heavy atom. The molecule has 0 aliphatic heterocycles. The van der Waals surface area contributed by atoms with Crippen molar-refractivity contribution in [3.8, 4) is 5.75 Å². The summed E-state index contributed by atoms with van der Waals surface area (Å²) in [6, 6.07) is 4.74. The molecule has 0 bridgehead atoms. The number of aromatic nitrogens is 1. The van der Waals surface area contributed by atoms with Crippen molar-refractivity contribution in [3.63, 3.8) is 0 Å². The normalized spacial score (nSPS) is 10.3. The lowest BCUT2D eigenvalue weighted by atomic mass is 10.3. The van der Waals surface area contributed by atoms with Gasteiger partial charge in [-0.1, -0.05) is 0 Å². The number of benzene rings is 1. The Kier molecular flexibility index (Phi) is 4.52. The van der Waals surface area contributed by atoms with Gasteiger partial charge in [-0.2, -0.15) is 0 Å². The molecule has 0 radical (unpaired) electrons. The van der Waals surface area contributed by atoms with Gasteiger partial charge in [-0.3, -0.25) is 0 Å². The third-order valence-corrected chi connectivity index (χ3v) is 2.69. The standard InChI is InChI=1S/C14H14F3N3O/c1-3-18-13-10(16)7-11(17)14(20-13)19-8-4-5-12(21-2)9(15)6-8/h4-7H,3H2,1-2H3,(H2,18,19,20). The highest BCUT2D eigenvalue weighted by molar-refractivity contribution is 5.60. The molecular formula is C14H14F3N3O. The summed E-state index contributed by atoms with van der Waals surface area (Å²) in [4.78, 5) is 3.80. The van der Waals surface area contributed by atoms with E-state index in [1.807, 2.05) is 0 Å². The summed E-state index contributed by atoms with van der Waals surface area (Å²) in [5.74, 6) is -2.46. The number of nitrogens with one attached hydrogen (secondary N) is 2. The quantitative estimate of drug-likeness (QED) is 0.883. The zero-order valence-electron chi connectivity index (χ0n) is 11.5. The fraction of sp³-hybridized carbons (Fsp3) is 0.214. The second-order valence-corrected chi connectivity index (χ2v) is 4.15. The molecule has 2 aromatic rings. The molecule has 112 valence electrons. The lowest BCUT2D eigenvalue weighted by Gasteiger charge is -2.11. The van der Waals surface area contributed by atoms with Gasteiger partial charge in [0.05, 0.1) is 7.11 Å². The van der Waals surface area contributed by atoms with Gasteiger partial charge in [-0.25, -0.2) is 18.2 Å². The van der Waals surface area contributed by atoms with Crippen LogP contribution in [0.2, 0.25) is 0 Å². The summed E-state index contributed by atoms with van der Waals surface area (Å²) in [6.45, 7) is 2.20. The fourth-order valence-corrected chi connectivity index (χ4v) is 1.73. The van der Waals surface area contributed by atoms with Crippen LogP contribution >= 0.6 is 0 Å². The van der Waals surface area contributed by atoms with E-state index in [4.69, 9.17) is 4.74 Å². The Labute approximate surface area is 120 Å². The van der Waals surface area contributed by atoms with Crippen molar-refractivity contribution in [1.29, 1.82) is 0 Å². The number of hydrogen-bond donors (Lipinski definition) is 2. The number of pyridine rings is 1. The van der Waals surface area contributed by atoms with Crippen molar-refractivity contribution < 1.29 is 17.9 Å². The molecular weight excluding hydrogens is 283 g/mol. The third-order valence-electron chi connectivity index (χ3n) is 2.69. The summed E-state index contributed by atoms with van der Waals surface area (Å²) in [7, 11) is 1.34. The largest absolute Gasteiger partial charge is 0.494 e. The second-order valence-electron chi connectivity index (χ2n) is 4.15. The van der Waals surface area contributed by atoms with Crippen LogP contribution in [-0.2, 0) is 0 Å². The topological polar surface area (TPSA) is 46.2 Å². The van der Waals surface area contributed by atoms with Crippen LogP contribution in [0.3, 0.4) is 0 Å². The molecule has 7 heteroatoms. The second kappa shape index (κ2) is 6.34. The highest BCUT2D eigenvalue weighted by Crippen LogP contribution is 2.25.